The maximum absolute atomic E-state index is 10.2. The van der Waals surface area contributed by atoms with Crippen LogP contribution in [0.15, 0.2) is 60.7 Å². The molecule has 2 aromatic carbocycles. The molecule has 5 nitrogen and oxygen atoms in total. The first-order valence-electron chi connectivity index (χ1n) is 10.5. The summed E-state index contributed by atoms with van der Waals surface area (Å²) in [6, 6.07) is 21.5. The molecule has 0 aliphatic carbocycles. The van der Waals surface area contributed by atoms with Gasteiger partial charge in [-0.25, -0.2) is 9.19 Å². The van der Waals surface area contributed by atoms with E-state index in [0.29, 0.717) is 6.04 Å². The van der Waals surface area contributed by atoms with Crippen molar-refractivity contribution < 1.29 is 13.9 Å². The second kappa shape index (κ2) is 21.6. The summed E-state index contributed by atoms with van der Waals surface area (Å²) < 4.78 is 19.9. The van der Waals surface area contributed by atoms with Gasteiger partial charge < -0.3 is 10.1 Å². The molecule has 0 radical (unpaired) electrons. The zero-order chi connectivity index (χ0) is 22.6. The molecule has 0 aliphatic heterocycles. The second-order valence-electron chi connectivity index (χ2n) is 6.90. The summed E-state index contributed by atoms with van der Waals surface area (Å²) in [5.41, 5.74) is 2.65. The zero-order valence-electron chi connectivity index (χ0n) is 19.4. The van der Waals surface area contributed by atoms with Crippen LogP contribution in [-0.2, 0) is 26.8 Å². The van der Waals surface area contributed by atoms with Crippen molar-refractivity contribution >= 4 is 8.69 Å². The largest absolute Gasteiger partial charge is 0.382 e. The summed E-state index contributed by atoms with van der Waals surface area (Å²) in [6.45, 7) is 9.88. The van der Waals surface area contributed by atoms with Crippen LogP contribution in [0.25, 0.3) is 0 Å². The van der Waals surface area contributed by atoms with Crippen LogP contribution in [0.2, 0.25) is 0 Å². The van der Waals surface area contributed by atoms with Crippen LogP contribution in [-0.4, -0.2) is 44.5 Å². The monoisotopic (exact) mass is 450 g/mol. The first-order valence-corrected chi connectivity index (χ1v) is 11.3. The highest BCUT2D eigenvalue weighted by Gasteiger charge is 2.10. The molecule has 2 rings (SSSR count). The van der Waals surface area contributed by atoms with Gasteiger partial charge in [0, 0.05) is 32.3 Å². The van der Waals surface area contributed by atoms with Crippen molar-refractivity contribution in [2.75, 3.05) is 27.3 Å². The molecule has 31 heavy (non-hydrogen) atoms. The molecule has 0 heterocycles. The van der Waals surface area contributed by atoms with Crippen LogP contribution < -0.4 is 5.32 Å². The number of hydroxylamine groups is 2. The molecule has 0 unspecified atom stereocenters. The Balaban J connectivity index is 0. The van der Waals surface area contributed by atoms with Gasteiger partial charge in [-0.15, -0.1) is 0 Å². The van der Waals surface area contributed by atoms with Crippen molar-refractivity contribution in [3.63, 3.8) is 0 Å². The van der Waals surface area contributed by atoms with Gasteiger partial charge in [-0.05, 0) is 58.7 Å². The average Bonchev–Trinajstić information content (AvgIpc) is 2.76. The van der Waals surface area contributed by atoms with E-state index in [2.05, 4.69) is 48.6 Å². The van der Waals surface area contributed by atoms with Crippen molar-refractivity contribution in [3.8, 4) is 0 Å². The number of nitrogens with one attached hydrogen (secondary N) is 1. The average molecular weight is 451 g/mol. The molecule has 1 N–H and O–H groups in total. The Morgan fingerprint density at radius 3 is 1.71 bits per heavy atom. The summed E-state index contributed by atoms with van der Waals surface area (Å²) in [6.07, 6.45) is 1.99. The van der Waals surface area contributed by atoms with E-state index in [4.69, 9.17) is 9.36 Å². The number of benzene rings is 2. The standard InChI is InChI=1S/C10H14NO2P.C10H15N.C4H10O.CH4/c1-9(11(2)13-14-12)8-10-6-4-3-5-7-10;1-9(11-2)8-10-6-4-3-5-7-10;1-3-5-4-2;/h3-7,9H,8H2,1-2H3;3-7,9,11H,8H2,1-2H3;3-4H2,1-2H3;1H4/t2*9-;;/m00../s1. The molecule has 0 bridgehead atoms. The number of hydrogen-bond donors (Lipinski definition) is 1. The van der Waals surface area contributed by atoms with Gasteiger partial charge in [-0.1, -0.05) is 68.1 Å². The van der Waals surface area contributed by atoms with Gasteiger partial charge in [-0.2, -0.15) is 5.06 Å². The van der Waals surface area contributed by atoms with E-state index in [0.717, 1.165) is 26.1 Å². The lowest BCUT2D eigenvalue weighted by Gasteiger charge is -2.20. The molecule has 6 heteroatoms. The van der Waals surface area contributed by atoms with Crippen LogP contribution in [0.1, 0.15) is 46.2 Å². The lowest BCUT2D eigenvalue weighted by Crippen LogP contribution is -2.28. The zero-order valence-corrected chi connectivity index (χ0v) is 20.3. The number of rotatable bonds is 10. The van der Waals surface area contributed by atoms with Crippen molar-refractivity contribution in [1.29, 1.82) is 0 Å². The fraction of sp³-hybridized carbons (Fsp3) is 0.520. The molecule has 0 aromatic heterocycles. The highest BCUT2D eigenvalue weighted by Crippen LogP contribution is 2.10. The second-order valence-corrected chi connectivity index (χ2v) is 7.21. The Morgan fingerprint density at radius 2 is 1.35 bits per heavy atom. The number of hydrogen-bond acceptors (Lipinski definition) is 5. The molecule has 0 saturated heterocycles. The summed E-state index contributed by atoms with van der Waals surface area (Å²) in [5, 5.41) is 4.81. The summed E-state index contributed by atoms with van der Waals surface area (Å²) in [7, 11) is 3.47. The van der Waals surface area contributed by atoms with Gasteiger partial charge in [0.25, 0.3) is 0 Å². The van der Waals surface area contributed by atoms with E-state index in [1.807, 2.05) is 52.1 Å². The number of nitrogens with zero attached hydrogens (tertiary/aromatic N) is 1. The summed E-state index contributed by atoms with van der Waals surface area (Å²) >= 11 is 0. The highest BCUT2D eigenvalue weighted by molar-refractivity contribution is 7.17. The Morgan fingerprint density at radius 1 is 0.903 bits per heavy atom. The fourth-order valence-electron chi connectivity index (χ4n) is 2.49. The van der Waals surface area contributed by atoms with Crippen LogP contribution >= 0.6 is 8.69 Å². The normalized spacial score (nSPS) is 12.0. The van der Waals surface area contributed by atoms with E-state index in [9.17, 15) is 4.57 Å². The van der Waals surface area contributed by atoms with Crippen molar-refractivity contribution in [2.45, 2.75) is 60.0 Å². The minimum atomic E-state index is -0.304. The molecular weight excluding hydrogens is 407 g/mol. The van der Waals surface area contributed by atoms with Crippen molar-refractivity contribution in [2.24, 2.45) is 0 Å². The maximum Gasteiger partial charge on any atom is 0.346 e. The molecule has 0 saturated carbocycles. The lowest BCUT2D eigenvalue weighted by molar-refractivity contribution is -0.0522. The molecule has 0 spiro atoms. The lowest BCUT2D eigenvalue weighted by atomic mass is 10.1. The molecule has 176 valence electrons. The van der Waals surface area contributed by atoms with Gasteiger partial charge >= 0.3 is 8.69 Å². The molecule has 2 atom stereocenters. The Kier molecular flexibility index (Phi) is 22.0. The number of likely N-dealkylation sites (N-methyl/N-ethyl adjacent to an activating group) is 2. The predicted octanol–water partition coefficient (Wildman–Crippen LogP) is 6.20. The van der Waals surface area contributed by atoms with Crippen LogP contribution in [0.5, 0.6) is 0 Å². The molecule has 0 aliphatic rings. The third-order valence-electron chi connectivity index (χ3n) is 4.44. The minimum Gasteiger partial charge on any atom is -0.382 e. The van der Waals surface area contributed by atoms with Gasteiger partial charge in [-0.3, -0.25) is 0 Å². The predicted molar refractivity (Wildman–Crippen MR) is 134 cm³/mol. The van der Waals surface area contributed by atoms with E-state index in [1.54, 1.807) is 12.1 Å². The van der Waals surface area contributed by atoms with E-state index in [1.165, 1.54) is 11.1 Å². The summed E-state index contributed by atoms with van der Waals surface area (Å²) in [5.74, 6) is 0. The van der Waals surface area contributed by atoms with Crippen LogP contribution in [0.3, 0.4) is 0 Å². The third-order valence-corrected chi connectivity index (χ3v) is 4.77. The van der Waals surface area contributed by atoms with Gasteiger partial charge in [0.05, 0.1) is 0 Å². The first-order chi connectivity index (χ1) is 14.5. The van der Waals surface area contributed by atoms with Gasteiger partial charge in [0.2, 0.25) is 0 Å². The van der Waals surface area contributed by atoms with Crippen molar-refractivity contribution in [1.82, 2.24) is 10.4 Å². The van der Waals surface area contributed by atoms with E-state index >= 15 is 0 Å². The van der Waals surface area contributed by atoms with E-state index in [-0.39, 0.29) is 22.2 Å². The Labute approximate surface area is 192 Å². The molecular formula is C25H43N2O3P. The fourth-order valence-corrected chi connectivity index (χ4v) is 2.76. The SMILES string of the molecule is C.CCOCC.CN[C@@H](C)Cc1ccccc1.C[C@@H](Cc1ccccc1)N(C)OP=O. The van der Waals surface area contributed by atoms with Gasteiger partial charge in [0.15, 0.2) is 0 Å². The van der Waals surface area contributed by atoms with Crippen LogP contribution in [0, 0.1) is 0 Å². The third kappa shape index (κ3) is 17.7. The summed E-state index contributed by atoms with van der Waals surface area (Å²) in [4.78, 5) is 0. The maximum atomic E-state index is 10.2. The molecule has 0 amide bonds. The number of ether oxygens (including phenoxy) is 1. The van der Waals surface area contributed by atoms with E-state index < -0.39 is 0 Å². The first kappa shape index (κ1) is 31.6. The van der Waals surface area contributed by atoms with Crippen LogP contribution in [0.4, 0.5) is 0 Å². The quantitative estimate of drug-likeness (QED) is 0.345. The Bertz CT molecular complexity index is 627. The molecule has 2 aromatic rings. The highest BCUT2D eigenvalue weighted by atomic mass is 31.1. The smallest absolute Gasteiger partial charge is 0.346 e. The van der Waals surface area contributed by atoms with Gasteiger partial charge in [0.1, 0.15) is 0 Å². The molecule has 0 fully saturated rings. The minimum absolute atomic E-state index is 0. The Hall–Kier alpha value is -1.62. The van der Waals surface area contributed by atoms with Crippen molar-refractivity contribution in [3.05, 3.63) is 71.8 Å². The topological polar surface area (TPSA) is 50.8 Å².